The van der Waals surface area contributed by atoms with Crippen LogP contribution >= 0.6 is 31.9 Å². The fourth-order valence-corrected chi connectivity index (χ4v) is 3.02. The molecule has 1 aromatic carbocycles. The lowest BCUT2D eigenvalue weighted by atomic mass is 9.90. The lowest BCUT2D eigenvalue weighted by Gasteiger charge is -2.23. The molecule has 1 aliphatic carbocycles. The summed E-state index contributed by atoms with van der Waals surface area (Å²) in [5.74, 6) is 0. The van der Waals surface area contributed by atoms with E-state index in [9.17, 15) is 5.11 Å². The fourth-order valence-electron chi connectivity index (χ4n) is 1.84. The van der Waals surface area contributed by atoms with Crippen molar-refractivity contribution in [3.05, 3.63) is 32.2 Å². The molecular formula is C10H10Br2O. The second kappa shape index (κ2) is 3.71. The third kappa shape index (κ3) is 1.69. The minimum absolute atomic E-state index is 0.296. The van der Waals surface area contributed by atoms with E-state index in [1.165, 1.54) is 5.56 Å². The van der Waals surface area contributed by atoms with E-state index in [1.807, 2.05) is 12.1 Å². The Morgan fingerprint density at radius 2 is 1.92 bits per heavy atom. The molecule has 13 heavy (non-hydrogen) atoms. The molecule has 0 radical (unpaired) electrons. The number of rotatable bonds is 0. The fraction of sp³-hybridized carbons (Fsp3) is 0.400. The van der Waals surface area contributed by atoms with E-state index < -0.39 is 0 Å². The molecule has 0 saturated carbocycles. The molecule has 0 aliphatic heterocycles. The van der Waals surface area contributed by atoms with Crippen molar-refractivity contribution in [3.8, 4) is 0 Å². The molecule has 0 spiro atoms. The highest BCUT2D eigenvalue weighted by atomic mass is 79.9. The third-order valence-electron chi connectivity index (χ3n) is 2.48. The molecular weight excluding hydrogens is 296 g/mol. The van der Waals surface area contributed by atoms with E-state index in [2.05, 4.69) is 31.9 Å². The zero-order chi connectivity index (χ0) is 9.42. The van der Waals surface area contributed by atoms with Gasteiger partial charge in [-0.3, -0.25) is 0 Å². The smallest absolute Gasteiger partial charge is 0.0804 e. The first-order valence-corrected chi connectivity index (χ1v) is 5.93. The van der Waals surface area contributed by atoms with Crippen LogP contribution in [0.2, 0.25) is 0 Å². The van der Waals surface area contributed by atoms with Gasteiger partial charge in [0.25, 0.3) is 0 Å². The molecule has 0 aromatic heterocycles. The van der Waals surface area contributed by atoms with Crippen LogP contribution in [0.1, 0.15) is 30.1 Å². The Labute approximate surface area is 94.4 Å². The van der Waals surface area contributed by atoms with E-state index in [1.54, 1.807) is 0 Å². The summed E-state index contributed by atoms with van der Waals surface area (Å²) in [4.78, 5) is 0. The van der Waals surface area contributed by atoms with Crippen molar-refractivity contribution in [2.24, 2.45) is 0 Å². The van der Waals surface area contributed by atoms with Gasteiger partial charge in [-0.2, -0.15) is 0 Å². The maximum Gasteiger partial charge on any atom is 0.0804 e. The van der Waals surface area contributed by atoms with Crippen molar-refractivity contribution in [3.63, 3.8) is 0 Å². The Morgan fingerprint density at radius 1 is 1.23 bits per heavy atom. The van der Waals surface area contributed by atoms with Gasteiger partial charge in [0.05, 0.1) is 6.10 Å². The first-order valence-electron chi connectivity index (χ1n) is 4.35. The van der Waals surface area contributed by atoms with Crippen molar-refractivity contribution in [1.82, 2.24) is 0 Å². The largest absolute Gasteiger partial charge is 0.388 e. The summed E-state index contributed by atoms with van der Waals surface area (Å²) in [6.07, 6.45) is 2.72. The van der Waals surface area contributed by atoms with Crippen LogP contribution in [0.3, 0.4) is 0 Å². The van der Waals surface area contributed by atoms with Gasteiger partial charge >= 0.3 is 0 Å². The van der Waals surface area contributed by atoms with E-state index >= 15 is 0 Å². The summed E-state index contributed by atoms with van der Waals surface area (Å²) in [6.45, 7) is 0. The Morgan fingerprint density at radius 3 is 2.62 bits per heavy atom. The molecule has 1 unspecified atom stereocenters. The monoisotopic (exact) mass is 304 g/mol. The summed E-state index contributed by atoms with van der Waals surface area (Å²) >= 11 is 6.99. The summed E-state index contributed by atoms with van der Waals surface area (Å²) < 4.78 is 2.14. The van der Waals surface area contributed by atoms with Crippen LogP contribution in [0.4, 0.5) is 0 Å². The van der Waals surface area contributed by atoms with Crippen LogP contribution in [0.25, 0.3) is 0 Å². The highest BCUT2D eigenvalue weighted by molar-refractivity contribution is 9.11. The van der Waals surface area contributed by atoms with E-state index in [0.29, 0.717) is 0 Å². The van der Waals surface area contributed by atoms with Crippen LogP contribution < -0.4 is 0 Å². The highest BCUT2D eigenvalue weighted by Gasteiger charge is 2.22. The summed E-state index contributed by atoms with van der Waals surface area (Å²) in [7, 11) is 0. The molecule has 0 heterocycles. The van der Waals surface area contributed by atoms with Crippen molar-refractivity contribution < 1.29 is 5.11 Å². The second-order valence-electron chi connectivity index (χ2n) is 3.33. The van der Waals surface area contributed by atoms with Crippen molar-refractivity contribution in [1.29, 1.82) is 0 Å². The summed E-state index contributed by atoms with van der Waals surface area (Å²) in [5.41, 5.74) is 2.33. The van der Waals surface area contributed by atoms with Gasteiger partial charge in [-0.05, 0) is 42.5 Å². The standard InChI is InChI=1S/C10H10Br2O/c11-7-4-5-8(12)10-6(7)2-1-3-9(10)13/h4-5,9,13H,1-3H2. The summed E-state index contributed by atoms with van der Waals surface area (Å²) in [6, 6.07) is 4.01. The lowest BCUT2D eigenvalue weighted by Crippen LogP contribution is -2.10. The molecule has 1 aromatic rings. The Kier molecular flexibility index (Phi) is 2.77. The molecule has 3 heteroatoms. The molecule has 1 aliphatic rings. The SMILES string of the molecule is OC1CCCc2c(Br)ccc(Br)c21. The van der Waals surface area contributed by atoms with Crippen LogP contribution in [-0.4, -0.2) is 5.11 Å². The van der Waals surface area contributed by atoms with E-state index in [-0.39, 0.29) is 6.10 Å². The predicted octanol–water partition coefficient (Wildman–Crippen LogP) is 3.58. The average molecular weight is 306 g/mol. The summed E-state index contributed by atoms with van der Waals surface area (Å²) in [5, 5.41) is 9.82. The maximum atomic E-state index is 9.82. The van der Waals surface area contributed by atoms with Crippen molar-refractivity contribution >= 4 is 31.9 Å². The molecule has 0 saturated heterocycles. The van der Waals surface area contributed by atoms with Gasteiger partial charge in [0.1, 0.15) is 0 Å². The third-order valence-corrected chi connectivity index (χ3v) is 3.92. The number of halogens is 2. The number of benzene rings is 1. The van der Waals surface area contributed by atoms with Gasteiger partial charge in [0.15, 0.2) is 0 Å². The quantitative estimate of drug-likeness (QED) is 0.777. The van der Waals surface area contributed by atoms with Crippen LogP contribution in [0, 0.1) is 0 Å². The van der Waals surface area contributed by atoms with Gasteiger partial charge in [0, 0.05) is 8.95 Å². The van der Waals surface area contributed by atoms with Crippen LogP contribution in [0.5, 0.6) is 0 Å². The zero-order valence-electron chi connectivity index (χ0n) is 7.06. The normalized spacial score (nSPS) is 21.3. The van der Waals surface area contributed by atoms with Crippen molar-refractivity contribution in [2.45, 2.75) is 25.4 Å². The molecule has 2 rings (SSSR count). The number of hydrogen-bond acceptors (Lipinski definition) is 1. The number of aliphatic hydroxyl groups excluding tert-OH is 1. The molecule has 1 N–H and O–H groups in total. The van der Waals surface area contributed by atoms with Gasteiger partial charge in [0.2, 0.25) is 0 Å². The van der Waals surface area contributed by atoms with Crippen LogP contribution in [0.15, 0.2) is 21.1 Å². The van der Waals surface area contributed by atoms with E-state index in [4.69, 9.17) is 0 Å². The van der Waals surface area contributed by atoms with Gasteiger partial charge in [-0.1, -0.05) is 31.9 Å². The van der Waals surface area contributed by atoms with Crippen molar-refractivity contribution in [2.75, 3.05) is 0 Å². The Hall–Kier alpha value is 0.140. The minimum atomic E-state index is -0.296. The Balaban J connectivity index is 2.60. The van der Waals surface area contributed by atoms with E-state index in [0.717, 1.165) is 33.8 Å². The van der Waals surface area contributed by atoms with Gasteiger partial charge in [-0.25, -0.2) is 0 Å². The zero-order valence-corrected chi connectivity index (χ0v) is 10.2. The topological polar surface area (TPSA) is 20.2 Å². The second-order valence-corrected chi connectivity index (χ2v) is 5.04. The average Bonchev–Trinajstić information content (AvgIpc) is 2.12. The minimum Gasteiger partial charge on any atom is -0.388 e. The number of hydrogen-bond donors (Lipinski definition) is 1. The molecule has 0 fully saturated rings. The first kappa shape index (κ1) is 9.69. The maximum absolute atomic E-state index is 9.82. The lowest BCUT2D eigenvalue weighted by molar-refractivity contribution is 0.155. The molecule has 1 atom stereocenters. The molecule has 1 nitrogen and oxygen atoms in total. The predicted molar refractivity (Wildman–Crippen MR) is 59.7 cm³/mol. The van der Waals surface area contributed by atoms with Gasteiger partial charge < -0.3 is 5.11 Å². The Bertz CT molecular complexity index is 336. The number of fused-ring (bicyclic) bond motifs is 1. The van der Waals surface area contributed by atoms with Gasteiger partial charge in [-0.15, -0.1) is 0 Å². The number of aliphatic hydroxyl groups is 1. The molecule has 0 bridgehead atoms. The highest BCUT2D eigenvalue weighted by Crippen LogP contribution is 2.38. The molecule has 0 amide bonds. The first-order chi connectivity index (χ1) is 6.20. The van der Waals surface area contributed by atoms with Crippen LogP contribution in [-0.2, 0) is 6.42 Å². The molecule has 70 valence electrons.